The highest BCUT2D eigenvalue weighted by Gasteiger charge is 2.21. The zero-order valence-electron chi connectivity index (χ0n) is 16.1. The Morgan fingerprint density at radius 1 is 0.846 bits per heavy atom. The van der Waals surface area contributed by atoms with Crippen LogP contribution in [0.25, 0.3) is 33.7 Å². The second-order valence-corrected chi connectivity index (χ2v) is 8.82. The van der Waals surface area contributed by atoms with E-state index >= 15 is 0 Å². The highest BCUT2D eigenvalue weighted by atomic mass is 15.0. The lowest BCUT2D eigenvalue weighted by atomic mass is 9.87. The van der Waals surface area contributed by atoms with Crippen LogP contribution in [0.5, 0.6) is 0 Å². The molecule has 6 heteroatoms. The van der Waals surface area contributed by atoms with Gasteiger partial charge in [-0.3, -0.25) is 0 Å². The van der Waals surface area contributed by atoms with Gasteiger partial charge in [0.25, 0.3) is 0 Å². The molecule has 0 fully saturated rings. The number of H-pyrrole nitrogens is 2. The molecule has 26 heavy (non-hydrogen) atoms. The number of pyridine rings is 2. The van der Waals surface area contributed by atoms with E-state index in [-0.39, 0.29) is 10.8 Å². The lowest BCUT2D eigenvalue weighted by molar-refractivity contribution is 0.554. The number of hydrogen-bond acceptors (Lipinski definition) is 4. The molecule has 6 nitrogen and oxygen atoms in total. The van der Waals surface area contributed by atoms with Crippen molar-refractivity contribution < 1.29 is 0 Å². The number of hydrogen-bond donors (Lipinski definition) is 2. The van der Waals surface area contributed by atoms with Gasteiger partial charge in [-0.2, -0.15) is 0 Å². The smallest absolute Gasteiger partial charge is 0.178 e. The molecule has 0 aliphatic heterocycles. The Labute approximate surface area is 152 Å². The average Bonchev–Trinajstić information content (AvgIpc) is 3.16. The third kappa shape index (κ3) is 2.75. The lowest BCUT2D eigenvalue weighted by Gasteiger charge is -2.18. The standard InChI is InChI=1S/C20H24N6/c1-19(2,3)12-7-8-21-17-14(12)24-15(25-17)11-9-13-16(22-10-11)26-18(23-13)20(4,5)6/h7-10H,1-6H3,(H,21,24,25)(H,22,23,26). The van der Waals surface area contributed by atoms with Crippen molar-refractivity contribution in [3.63, 3.8) is 0 Å². The first-order chi connectivity index (χ1) is 12.1. The van der Waals surface area contributed by atoms with Gasteiger partial charge in [0.15, 0.2) is 11.3 Å². The lowest BCUT2D eigenvalue weighted by Crippen LogP contribution is -2.12. The Morgan fingerprint density at radius 2 is 1.62 bits per heavy atom. The summed E-state index contributed by atoms with van der Waals surface area (Å²) in [6, 6.07) is 4.09. The Morgan fingerprint density at radius 3 is 2.31 bits per heavy atom. The number of aromatic nitrogens is 6. The monoisotopic (exact) mass is 348 g/mol. The van der Waals surface area contributed by atoms with E-state index in [2.05, 4.69) is 77.5 Å². The predicted octanol–water partition coefficient (Wildman–Crippen LogP) is 4.49. The van der Waals surface area contributed by atoms with Crippen molar-refractivity contribution in [3.8, 4) is 11.4 Å². The van der Waals surface area contributed by atoms with Crippen LogP contribution in [0.15, 0.2) is 24.5 Å². The maximum Gasteiger partial charge on any atom is 0.178 e. The quantitative estimate of drug-likeness (QED) is 0.531. The molecule has 0 aliphatic carbocycles. The van der Waals surface area contributed by atoms with E-state index in [1.54, 1.807) is 0 Å². The SMILES string of the molecule is CC(C)(C)c1nc2ncc(-c3nc4nccc(C(C)(C)C)c4[nH]3)cc2[nH]1. The molecular weight excluding hydrogens is 324 g/mol. The minimum atomic E-state index is -0.0498. The van der Waals surface area contributed by atoms with Crippen molar-refractivity contribution in [1.82, 2.24) is 29.9 Å². The maximum absolute atomic E-state index is 4.68. The highest BCUT2D eigenvalue weighted by Crippen LogP contribution is 2.30. The van der Waals surface area contributed by atoms with Crippen LogP contribution in [0.4, 0.5) is 0 Å². The molecular formula is C20H24N6. The van der Waals surface area contributed by atoms with Gasteiger partial charge < -0.3 is 9.97 Å². The number of rotatable bonds is 1. The molecule has 134 valence electrons. The first kappa shape index (κ1) is 16.7. The first-order valence-electron chi connectivity index (χ1n) is 8.85. The van der Waals surface area contributed by atoms with Crippen molar-refractivity contribution >= 4 is 22.3 Å². The maximum atomic E-state index is 4.68. The molecule has 0 unspecified atom stereocenters. The van der Waals surface area contributed by atoms with Crippen LogP contribution in [0.2, 0.25) is 0 Å². The van der Waals surface area contributed by atoms with Crippen molar-refractivity contribution in [2.45, 2.75) is 52.4 Å². The fourth-order valence-corrected chi connectivity index (χ4v) is 3.06. The van der Waals surface area contributed by atoms with Gasteiger partial charge in [0.2, 0.25) is 0 Å². The topological polar surface area (TPSA) is 83.1 Å². The summed E-state index contributed by atoms with van der Waals surface area (Å²) in [5.74, 6) is 1.70. The zero-order valence-corrected chi connectivity index (χ0v) is 16.1. The van der Waals surface area contributed by atoms with Crippen LogP contribution in [0, 0.1) is 0 Å². The highest BCUT2D eigenvalue weighted by molar-refractivity contribution is 5.82. The van der Waals surface area contributed by atoms with E-state index < -0.39 is 0 Å². The Hall–Kier alpha value is -2.76. The van der Waals surface area contributed by atoms with Crippen LogP contribution >= 0.6 is 0 Å². The molecule has 2 N–H and O–H groups in total. The van der Waals surface area contributed by atoms with E-state index in [1.165, 1.54) is 5.56 Å². The number of nitrogens with zero attached hydrogens (tertiary/aromatic N) is 4. The van der Waals surface area contributed by atoms with E-state index in [0.717, 1.165) is 39.5 Å². The van der Waals surface area contributed by atoms with E-state index in [0.29, 0.717) is 0 Å². The van der Waals surface area contributed by atoms with E-state index in [1.807, 2.05) is 18.5 Å². The summed E-state index contributed by atoms with van der Waals surface area (Å²) < 4.78 is 0. The summed E-state index contributed by atoms with van der Waals surface area (Å²) in [5, 5.41) is 0. The molecule has 4 heterocycles. The number of imidazole rings is 2. The third-order valence-electron chi connectivity index (χ3n) is 4.52. The van der Waals surface area contributed by atoms with Crippen LogP contribution < -0.4 is 0 Å². The molecule has 0 saturated carbocycles. The summed E-state index contributed by atoms with van der Waals surface area (Å²) >= 11 is 0. The second-order valence-electron chi connectivity index (χ2n) is 8.82. The predicted molar refractivity (Wildman–Crippen MR) is 104 cm³/mol. The van der Waals surface area contributed by atoms with Gasteiger partial charge in [-0.25, -0.2) is 19.9 Å². The molecule has 0 atom stereocenters. The largest absolute Gasteiger partial charge is 0.340 e. The molecule has 4 aromatic rings. The minimum absolute atomic E-state index is 0.0121. The van der Waals surface area contributed by atoms with Gasteiger partial charge in [0, 0.05) is 23.4 Å². The Balaban J connectivity index is 1.85. The van der Waals surface area contributed by atoms with Gasteiger partial charge in [-0.05, 0) is 23.1 Å². The first-order valence-corrected chi connectivity index (χ1v) is 8.85. The van der Waals surface area contributed by atoms with E-state index in [9.17, 15) is 0 Å². The Kier molecular flexibility index (Phi) is 3.45. The molecule has 0 amide bonds. The van der Waals surface area contributed by atoms with Crippen molar-refractivity contribution in [1.29, 1.82) is 0 Å². The van der Waals surface area contributed by atoms with Crippen molar-refractivity contribution in [3.05, 3.63) is 35.9 Å². The molecule has 0 bridgehead atoms. The summed E-state index contributed by atoms with van der Waals surface area (Å²) in [7, 11) is 0. The summed E-state index contributed by atoms with van der Waals surface area (Å²) in [6.07, 6.45) is 3.63. The van der Waals surface area contributed by atoms with Crippen LogP contribution in [0.3, 0.4) is 0 Å². The Bertz CT molecular complexity index is 1100. The second kappa shape index (κ2) is 5.37. The number of aromatic amines is 2. The van der Waals surface area contributed by atoms with Gasteiger partial charge in [-0.15, -0.1) is 0 Å². The summed E-state index contributed by atoms with van der Waals surface area (Å²) in [6.45, 7) is 13.0. The normalized spacial score (nSPS) is 13.0. The average molecular weight is 348 g/mol. The molecule has 0 spiro atoms. The van der Waals surface area contributed by atoms with E-state index in [4.69, 9.17) is 0 Å². The molecule has 4 rings (SSSR count). The van der Waals surface area contributed by atoms with Gasteiger partial charge in [0.1, 0.15) is 11.6 Å². The third-order valence-corrected chi connectivity index (χ3v) is 4.52. The van der Waals surface area contributed by atoms with Crippen molar-refractivity contribution in [2.75, 3.05) is 0 Å². The minimum Gasteiger partial charge on any atom is -0.340 e. The molecule has 0 aromatic carbocycles. The number of fused-ring (bicyclic) bond motifs is 2. The zero-order chi connectivity index (χ0) is 18.7. The van der Waals surface area contributed by atoms with Crippen molar-refractivity contribution in [2.24, 2.45) is 0 Å². The summed E-state index contributed by atoms with van der Waals surface area (Å²) in [4.78, 5) is 25.0. The van der Waals surface area contributed by atoms with Gasteiger partial charge in [0.05, 0.1) is 11.0 Å². The molecule has 0 radical (unpaired) electrons. The van der Waals surface area contributed by atoms with Gasteiger partial charge in [-0.1, -0.05) is 41.5 Å². The summed E-state index contributed by atoms with van der Waals surface area (Å²) in [5.41, 5.74) is 5.43. The fourth-order valence-electron chi connectivity index (χ4n) is 3.06. The number of nitrogens with one attached hydrogen (secondary N) is 2. The van der Waals surface area contributed by atoms with Crippen LogP contribution in [-0.2, 0) is 10.8 Å². The van der Waals surface area contributed by atoms with Crippen LogP contribution in [0.1, 0.15) is 52.9 Å². The van der Waals surface area contributed by atoms with Gasteiger partial charge >= 0.3 is 0 Å². The van der Waals surface area contributed by atoms with Crippen LogP contribution in [-0.4, -0.2) is 29.9 Å². The fraction of sp³-hybridized carbons (Fsp3) is 0.400. The molecule has 0 aliphatic rings. The molecule has 4 aromatic heterocycles. The molecule has 0 saturated heterocycles.